The zero-order chi connectivity index (χ0) is 20.6. The number of amides is 2. The molecule has 4 rings (SSSR count). The third-order valence-electron chi connectivity index (χ3n) is 6.12. The van der Waals surface area contributed by atoms with E-state index in [0.29, 0.717) is 31.9 Å². The number of hydrogen-bond donors (Lipinski definition) is 0. The van der Waals surface area contributed by atoms with E-state index >= 15 is 0 Å². The van der Waals surface area contributed by atoms with Crippen LogP contribution in [0.15, 0.2) is 36.4 Å². The van der Waals surface area contributed by atoms with Gasteiger partial charge in [0.25, 0.3) is 5.91 Å². The molecule has 2 atom stereocenters. The lowest BCUT2D eigenvalue weighted by Crippen LogP contribution is -2.44. The second kappa shape index (κ2) is 7.72. The van der Waals surface area contributed by atoms with Crippen LogP contribution in [0.3, 0.4) is 0 Å². The molecule has 29 heavy (non-hydrogen) atoms. The maximum absolute atomic E-state index is 13.2. The van der Waals surface area contributed by atoms with Crippen molar-refractivity contribution in [3.8, 4) is 0 Å². The van der Waals surface area contributed by atoms with Crippen molar-refractivity contribution in [3.63, 3.8) is 0 Å². The molecule has 0 aliphatic carbocycles. The lowest BCUT2D eigenvalue weighted by Gasteiger charge is -2.32. The van der Waals surface area contributed by atoms with Crippen LogP contribution in [-0.4, -0.2) is 92.0 Å². The Bertz CT molecular complexity index is 931. The molecule has 0 spiro atoms. The molecule has 2 amide bonds. The number of aromatic nitrogens is 1. The summed E-state index contributed by atoms with van der Waals surface area (Å²) in [6, 6.07) is 11.6. The maximum Gasteiger partial charge on any atom is 0.272 e. The van der Waals surface area contributed by atoms with Crippen LogP contribution >= 0.6 is 0 Å². The van der Waals surface area contributed by atoms with E-state index in [1.807, 2.05) is 60.3 Å². The van der Waals surface area contributed by atoms with E-state index in [4.69, 9.17) is 4.74 Å². The fourth-order valence-electron chi connectivity index (χ4n) is 4.94. The van der Waals surface area contributed by atoms with Crippen molar-refractivity contribution in [2.75, 3.05) is 60.5 Å². The second-order valence-corrected chi connectivity index (χ2v) is 8.58. The van der Waals surface area contributed by atoms with Gasteiger partial charge in [-0.15, -0.1) is 0 Å². The van der Waals surface area contributed by atoms with Gasteiger partial charge in [-0.3, -0.25) is 9.59 Å². The summed E-state index contributed by atoms with van der Waals surface area (Å²) in [6.07, 6.45) is 0. The van der Waals surface area contributed by atoms with Crippen molar-refractivity contribution in [3.05, 3.63) is 42.1 Å². The number of carbonyl (C=O) groups is 2. The average Bonchev–Trinajstić information content (AvgIpc) is 3.20. The first-order valence-corrected chi connectivity index (χ1v) is 9.98. The molecule has 2 aliphatic heterocycles. The molecule has 2 fully saturated rings. The minimum Gasteiger partial charge on any atom is -0.375 e. The Morgan fingerprint density at radius 2 is 1.86 bits per heavy atom. The van der Waals surface area contributed by atoms with Gasteiger partial charge in [0.2, 0.25) is 5.91 Å². The van der Waals surface area contributed by atoms with E-state index in [1.54, 1.807) is 7.11 Å². The van der Waals surface area contributed by atoms with Gasteiger partial charge in [-0.2, -0.15) is 0 Å². The molecule has 7 nitrogen and oxygen atoms in total. The maximum atomic E-state index is 13.2. The average molecular weight is 396 g/mol. The predicted octanol–water partition coefficient (Wildman–Crippen LogP) is 1.34. The van der Waals surface area contributed by atoms with E-state index in [1.165, 1.54) is 0 Å². The summed E-state index contributed by atoms with van der Waals surface area (Å²) in [7, 11) is 5.63. The van der Waals surface area contributed by atoms with Gasteiger partial charge in [-0.25, -0.2) is 4.98 Å². The van der Waals surface area contributed by atoms with E-state index in [9.17, 15) is 9.59 Å². The second-order valence-electron chi connectivity index (χ2n) is 8.58. The van der Waals surface area contributed by atoms with Gasteiger partial charge in [0.1, 0.15) is 12.3 Å². The topological polar surface area (TPSA) is 66.0 Å². The molecule has 7 heteroatoms. The van der Waals surface area contributed by atoms with Crippen LogP contribution in [0.5, 0.6) is 0 Å². The molecule has 1 aromatic carbocycles. The van der Waals surface area contributed by atoms with Gasteiger partial charge in [0, 0.05) is 56.6 Å². The Morgan fingerprint density at radius 3 is 2.62 bits per heavy atom. The molecular formula is C22H28N4O3. The van der Waals surface area contributed by atoms with Crippen molar-refractivity contribution in [2.45, 2.75) is 0 Å². The first-order chi connectivity index (χ1) is 13.9. The van der Waals surface area contributed by atoms with Gasteiger partial charge in [0.05, 0.1) is 5.52 Å². The lowest BCUT2D eigenvalue weighted by molar-refractivity contribution is -0.134. The summed E-state index contributed by atoms with van der Waals surface area (Å²) in [6.45, 7) is 3.56. The highest BCUT2D eigenvalue weighted by molar-refractivity contribution is 5.95. The SMILES string of the molecule is COCC(=O)N1C[C@@H]2CN(C(=O)c3ccc4ccccc4n3)C[C@]2(CN(C)C)C1. The molecule has 0 saturated carbocycles. The van der Waals surface area contributed by atoms with E-state index in [0.717, 1.165) is 17.4 Å². The van der Waals surface area contributed by atoms with Crippen molar-refractivity contribution in [2.24, 2.45) is 11.3 Å². The van der Waals surface area contributed by atoms with E-state index in [2.05, 4.69) is 9.88 Å². The number of likely N-dealkylation sites (tertiary alicyclic amines) is 2. The standard InChI is InChI=1S/C22H28N4O3/c1-24(2)13-22-14-25(20(27)12-29-3)10-17(22)11-26(15-22)21(28)19-9-8-16-6-4-5-7-18(16)23-19/h4-9,17H,10-15H2,1-3H3/t17-,22+/m1/s1. The first kappa shape index (κ1) is 19.8. The summed E-state index contributed by atoms with van der Waals surface area (Å²) < 4.78 is 5.03. The summed E-state index contributed by atoms with van der Waals surface area (Å²) in [5.41, 5.74) is 1.20. The molecule has 1 aromatic heterocycles. The number of fused-ring (bicyclic) bond motifs is 2. The predicted molar refractivity (Wildman–Crippen MR) is 111 cm³/mol. The number of rotatable bonds is 5. The quantitative estimate of drug-likeness (QED) is 0.763. The molecule has 2 saturated heterocycles. The Morgan fingerprint density at radius 1 is 1.14 bits per heavy atom. The van der Waals surface area contributed by atoms with E-state index < -0.39 is 0 Å². The summed E-state index contributed by atoms with van der Waals surface area (Å²) in [5, 5.41) is 1.03. The molecule has 154 valence electrons. The normalized spacial score (nSPS) is 23.8. The Kier molecular flexibility index (Phi) is 5.27. The molecule has 0 N–H and O–H groups in total. The summed E-state index contributed by atoms with van der Waals surface area (Å²) >= 11 is 0. The third-order valence-corrected chi connectivity index (χ3v) is 6.12. The minimum atomic E-state index is -0.112. The van der Waals surface area contributed by atoms with Crippen LogP contribution in [0.25, 0.3) is 10.9 Å². The summed E-state index contributed by atoms with van der Waals surface area (Å²) in [4.78, 5) is 36.1. The highest BCUT2D eigenvalue weighted by atomic mass is 16.5. The highest BCUT2D eigenvalue weighted by Crippen LogP contribution is 2.43. The van der Waals surface area contributed by atoms with Crippen molar-refractivity contribution >= 4 is 22.7 Å². The monoisotopic (exact) mass is 396 g/mol. The zero-order valence-electron chi connectivity index (χ0n) is 17.3. The Hall–Kier alpha value is -2.51. The Labute approximate surface area is 171 Å². The number of hydrogen-bond acceptors (Lipinski definition) is 5. The van der Waals surface area contributed by atoms with Crippen LogP contribution in [0, 0.1) is 11.3 Å². The van der Waals surface area contributed by atoms with Crippen molar-refractivity contribution < 1.29 is 14.3 Å². The number of nitrogens with zero attached hydrogens (tertiary/aromatic N) is 4. The van der Waals surface area contributed by atoms with Gasteiger partial charge in [-0.05, 0) is 26.2 Å². The van der Waals surface area contributed by atoms with E-state index in [-0.39, 0.29) is 29.8 Å². The van der Waals surface area contributed by atoms with Crippen molar-refractivity contribution in [1.82, 2.24) is 19.7 Å². The minimum absolute atomic E-state index is 0.0223. The largest absolute Gasteiger partial charge is 0.375 e. The van der Waals surface area contributed by atoms with Gasteiger partial charge < -0.3 is 19.4 Å². The Balaban J connectivity index is 1.55. The summed E-state index contributed by atoms with van der Waals surface area (Å²) in [5.74, 6) is 0.252. The zero-order valence-corrected chi connectivity index (χ0v) is 17.3. The van der Waals surface area contributed by atoms with Crippen LogP contribution in [0.4, 0.5) is 0 Å². The van der Waals surface area contributed by atoms with Gasteiger partial charge in [-0.1, -0.05) is 24.3 Å². The van der Waals surface area contributed by atoms with Gasteiger partial charge in [0.15, 0.2) is 0 Å². The number of ether oxygens (including phenoxy) is 1. The number of methoxy groups -OCH3 is 1. The molecule has 3 heterocycles. The number of pyridine rings is 1. The molecule has 0 radical (unpaired) electrons. The molecule has 2 aromatic rings. The first-order valence-electron chi connectivity index (χ1n) is 9.98. The third kappa shape index (κ3) is 3.72. The highest BCUT2D eigenvalue weighted by Gasteiger charge is 2.54. The smallest absolute Gasteiger partial charge is 0.272 e. The van der Waals surface area contributed by atoms with Crippen LogP contribution in [0.2, 0.25) is 0 Å². The van der Waals surface area contributed by atoms with Crippen LogP contribution in [0.1, 0.15) is 10.5 Å². The van der Waals surface area contributed by atoms with Gasteiger partial charge >= 0.3 is 0 Å². The van der Waals surface area contributed by atoms with Crippen molar-refractivity contribution in [1.29, 1.82) is 0 Å². The lowest BCUT2D eigenvalue weighted by atomic mass is 9.80. The number of benzene rings is 1. The molecule has 0 unspecified atom stereocenters. The fraction of sp³-hybridized carbons (Fsp3) is 0.500. The number of carbonyl (C=O) groups excluding carboxylic acids is 2. The fourth-order valence-corrected chi connectivity index (χ4v) is 4.94. The molecule has 2 aliphatic rings. The number of para-hydroxylation sites is 1. The molecule has 0 bridgehead atoms. The molecular weight excluding hydrogens is 368 g/mol. The van der Waals surface area contributed by atoms with Crippen LogP contribution < -0.4 is 0 Å². The van der Waals surface area contributed by atoms with Crippen LogP contribution in [-0.2, 0) is 9.53 Å².